The Balaban J connectivity index is 0.000000174. The highest BCUT2D eigenvalue weighted by Crippen LogP contribution is 2.33. The summed E-state index contributed by atoms with van der Waals surface area (Å²) < 4.78 is 5.70. The fourth-order valence-corrected chi connectivity index (χ4v) is 8.39. The van der Waals surface area contributed by atoms with Crippen molar-refractivity contribution in [2.24, 2.45) is 16.8 Å². The van der Waals surface area contributed by atoms with Gasteiger partial charge >= 0.3 is 6.09 Å². The highest BCUT2D eigenvalue weighted by molar-refractivity contribution is 6.03. The molecule has 8 nitrogen and oxygen atoms in total. The number of aromatic nitrogens is 2. The third-order valence-corrected chi connectivity index (χ3v) is 11.9. The first kappa shape index (κ1) is 39.1. The molecule has 2 aromatic carbocycles. The number of hydrogen-bond donors (Lipinski definition) is 0. The molecule has 2 fully saturated rings. The van der Waals surface area contributed by atoms with Gasteiger partial charge in [-0.2, -0.15) is 0 Å². The number of carbonyl (C=O) groups excluding carboxylic acids is 1. The van der Waals surface area contributed by atoms with Gasteiger partial charge in [-0.25, -0.2) is 4.79 Å². The highest BCUT2D eigenvalue weighted by Gasteiger charge is 2.30. The number of ether oxygens (including phenoxy) is 1. The van der Waals surface area contributed by atoms with Crippen molar-refractivity contribution < 1.29 is 9.53 Å². The second-order valence-electron chi connectivity index (χ2n) is 17.9. The number of amides is 1. The first-order chi connectivity index (χ1) is 26.4. The molecule has 2 atom stereocenters. The first-order valence-corrected chi connectivity index (χ1v) is 20.8. The molecule has 0 aliphatic carbocycles. The maximum Gasteiger partial charge on any atom is 0.414 e. The van der Waals surface area contributed by atoms with Crippen molar-refractivity contribution >= 4 is 39.3 Å². The molecule has 0 saturated carbocycles. The average Bonchev–Trinajstić information content (AvgIpc) is 3.17. The average molecular weight is 743 g/mol. The lowest BCUT2D eigenvalue weighted by Gasteiger charge is -2.34. The monoisotopic (exact) mass is 742 g/mol. The Bertz CT molecular complexity index is 2030. The second kappa shape index (κ2) is 16.9. The SMILES string of the molecule is C[C@H]1CC=C(c2ccc3ccc(C4CCN(C)CC4)nc3c2)N(C(=O)OC(C)(C)C)C1.C[C@H]1CCC(c2ccc3ccc(C4CCN(C)CC4)nc3c2)=NC1. The minimum Gasteiger partial charge on any atom is -0.443 e. The van der Waals surface area contributed by atoms with Gasteiger partial charge in [0.2, 0.25) is 0 Å². The van der Waals surface area contributed by atoms with E-state index in [-0.39, 0.29) is 6.09 Å². The molecule has 4 aromatic rings. The molecule has 2 aromatic heterocycles. The Morgan fingerprint density at radius 1 is 0.709 bits per heavy atom. The fraction of sp³-hybridized carbons (Fsp3) is 0.532. The topological polar surface area (TPSA) is 74.2 Å². The zero-order valence-electron chi connectivity index (χ0n) is 34.4. The second-order valence-corrected chi connectivity index (χ2v) is 17.9. The maximum atomic E-state index is 12.9. The number of fused-ring (bicyclic) bond motifs is 2. The van der Waals surface area contributed by atoms with Crippen molar-refractivity contribution in [3.63, 3.8) is 0 Å². The van der Waals surface area contributed by atoms with Crippen LogP contribution in [0.3, 0.4) is 0 Å². The molecule has 0 N–H and O–H groups in total. The van der Waals surface area contributed by atoms with Gasteiger partial charge in [0, 0.05) is 58.4 Å². The molecule has 55 heavy (non-hydrogen) atoms. The summed E-state index contributed by atoms with van der Waals surface area (Å²) in [4.78, 5) is 34.4. The molecule has 6 heterocycles. The number of piperidine rings is 2. The summed E-state index contributed by atoms with van der Waals surface area (Å²) in [5, 5.41) is 2.37. The van der Waals surface area contributed by atoms with Gasteiger partial charge in [0.05, 0.1) is 16.7 Å². The third kappa shape index (κ3) is 9.82. The van der Waals surface area contributed by atoms with Crippen LogP contribution < -0.4 is 0 Å². The first-order valence-electron chi connectivity index (χ1n) is 20.8. The summed E-state index contributed by atoms with van der Waals surface area (Å²) in [5.41, 5.74) is 8.56. The lowest BCUT2D eigenvalue weighted by atomic mass is 9.92. The molecule has 0 spiro atoms. The number of benzene rings is 2. The predicted octanol–water partition coefficient (Wildman–Crippen LogP) is 9.92. The highest BCUT2D eigenvalue weighted by atomic mass is 16.6. The van der Waals surface area contributed by atoms with E-state index >= 15 is 0 Å². The van der Waals surface area contributed by atoms with Gasteiger partial charge in [-0.1, -0.05) is 56.3 Å². The Morgan fingerprint density at radius 3 is 1.76 bits per heavy atom. The molecule has 4 aliphatic heterocycles. The fourth-order valence-electron chi connectivity index (χ4n) is 8.39. The van der Waals surface area contributed by atoms with Crippen molar-refractivity contribution in [1.29, 1.82) is 0 Å². The van der Waals surface area contributed by atoms with Crippen molar-refractivity contribution in [2.75, 3.05) is 53.4 Å². The molecule has 0 radical (unpaired) electrons. The zero-order chi connectivity index (χ0) is 38.7. The molecular formula is C47H62N6O2. The van der Waals surface area contributed by atoms with Gasteiger partial charge in [0.25, 0.3) is 0 Å². The minimum atomic E-state index is -0.517. The number of likely N-dealkylation sites (tertiary alicyclic amines) is 2. The van der Waals surface area contributed by atoms with Crippen LogP contribution >= 0.6 is 0 Å². The van der Waals surface area contributed by atoms with Crippen molar-refractivity contribution in [3.8, 4) is 0 Å². The number of aliphatic imine (C=N–C) groups is 1. The number of allylic oxidation sites excluding steroid dienone is 1. The van der Waals surface area contributed by atoms with E-state index in [1.807, 2.05) is 20.8 Å². The molecule has 8 rings (SSSR count). The number of rotatable bonds is 4. The summed E-state index contributed by atoms with van der Waals surface area (Å²) in [6, 6.07) is 21.9. The van der Waals surface area contributed by atoms with E-state index in [1.54, 1.807) is 4.90 Å². The standard InChI is InChI=1S/C26H35N3O2.C21H27N3/c1-18-6-11-24(29(17-18)25(30)31-26(2,3)4)21-8-7-19-9-10-22(27-23(19)16-21)20-12-14-28(5)15-13-20;1-15-3-7-19(22-14-15)18-5-4-16-6-8-20(23-21(16)13-18)17-9-11-24(2)12-10-17/h7-11,16,18,20H,6,12-15,17H2,1-5H3;4-6,8,13,15,17H,3,7,9-12,14H2,1-2H3/t18-;15-/m00/s1. The van der Waals surface area contributed by atoms with Crippen molar-refractivity contribution in [3.05, 3.63) is 89.3 Å². The minimum absolute atomic E-state index is 0.279. The summed E-state index contributed by atoms with van der Waals surface area (Å²) >= 11 is 0. The Morgan fingerprint density at radius 2 is 1.24 bits per heavy atom. The molecular weight excluding hydrogens is 681 g/mol. The van der Waals surface area contributed by atoms with Crippen LogP contribution in [0.2, 0.25) is 0 Å². The van der Waals surface area contributed by atoms with Crippen molar-refractivity contribution in [1.82, 2.24) is 24.7 Å². The van der Waals surface area contributed by atoms with Gasteiger partial charge < -0.3 is 14.5 Å². The predicted molar refractivity (Wildman–Crippen MR) is 227 cm³/mol. The normalized spacial score (nSPS) is 22.2. The number of pyridine rings is 2. The lowest BCUT2D eigenvalue weighted by Crippen LogP contribution is -2.39. The Hall–Kier alpha value is -4.14. The molecule has 4 aliphatic rings. The van der Waals surface area contributed by atoms with Gasteiger partial charge in [0.1, 0.15) is 5.60 Å². The van der Waals surface area contributed by atoms with Crippen LogP contribution in [0.5, 0.6) is 0 Å². The number of nitrogens with zero attached hydrogens (tertiary/aromatic N) is 6. The van der Waals surface area contributed by atoms with Crippen molar-refractivity contribution in [2.45, 2.75) is 97.0 Å². The van der Waals surface area contributed by atoms with E-state index in [1.165, 1.54) is 60.4 Å². The third-order valence-electron chi connectivity index (χ3n) is 11.9. The van der Waals surface area contributed by atoms with E-state index < -0.39 is 5.60 Å². The quantitative estimate of drug-likeness (QED) is 0.207. The molecule has 0 bridgehead atoms. The number of carbonyl (C=O) groups is 1. The summed E-state index contributed by atoms with van der Waals surface area (Å²) in [6.45, 7) is 16.4. The maximum absolute atomic E-state index is 12.9. The zero-order valence-corrected chi connectivity index (χ0v) is 34.4. The van der Waals surface area contributed by atoms with Crippen LogP contribution in [0, 0.1) is 11.8 Å². The van der Waals surface area contributed by atoms with Crippen LogP contribution in [0.1, 0.15) is 114 Å². The van der Waals surface area contributed by atoms with E-state index in [2.05, 4.69) is 104 Å². The van der Waals surface area contributed by atoms with Gasteiger partial charge in [-0.15, -0.1) is 0 Å². The van der Waals surface area contributed by atoms with Crippen LogP contribution in [0.25, 0.3) is 27.5 Å². The van der Waals surface area contributed by atoms with Crippen LogP contribution in [0.4, 0.5) is 4.79 Å². The van der Waals surface area contributed by atoms with E-state index in [0.717, 1.165) is 78.9 Å². The smallest absolute Gasteiger partial charge is 0.414 e. The summed E-state index contributed by atoms with van der Waals surface area (Å²) in [5.74, 6) is 2.27. The molecule has 8 heteroatoms. The van der Waals surface area contributed by atoms with Gasteiger partial charge in [-0.3, -0.25) is 19.9 Å². The van der Waals surface area contributed by atoms with Crippen LogP contribution in [0.15, 0.2) is 71.7 Å². The van der Waals surface area contributed by atoms with E-state index in [0.29, 0.717) is 24.3 Å². The summed E-state index contributed by atoms with van der Waals surface area (Å²) in [6.07, 6.45) is 9.95. The lowest BCUT2D eigenvalue weighted by molar-refractivity contribution is 0.0327. The van der Waals surface area contributed by atoms with Gasteiger partial charge in [0.15, 0.2) is 0 Å². The number of hydrogen-bond acceptors (Lipinski definition) is 7. The largest absolute Gasteiger partial charge is 0.443 e. The Labute approximate surface area is 329 Å². The molecule has 2 saturated heterocycles. The molecule has 0 unspecified atom stereocenters. The molecule has 292 valence electrons. The van der Waals surface area contributed by atoms with E-state index in [9.17, 15) is 4.79 Å². The van der Waals surface area contributed by atoms with E-state index in [4.69, 9.17) is 19.7 Å². The molecule has 1 amide bonds. The summed E-state index contributed by atoms with van der Waals surface area (Å²) in [7, 11) is 4.40. The van der Waals surface area contributed by atoms with Crippen LogP contribution in [-0.4, -0.2) is 95.4 Å². The Kier molecular flexibility index (Phi) is 12.0. The van der Waals surface area contributed by atoms with Crippen LogP contribution in [-0.2, 0) is 4.74 Å². The van der Waals surface area contributed by atoms with Gasteiger partial charge in [-0.05, 0) is 148 Å².